The molecule has 0 bridgehead atoms. The predicted molar refractivity (Wildman–Crippen MR) is 106 cm³/mol. The highest BCUT2D eigenvalue weighted by molar-refractivity contribution is 7.89. The van der Waals surface area contributed by atoms with E-state index in [0.717, 1.165) is 43.3 Å². The van der Waals surface area contributed by atoms with E-state index < -0.39 is 10.0 Å². The number of hydrogen-bond acceptors (Lipinski definition) is 2. The fourth-order valence-corrected chi connectivity index (χ4v) is 4.31. The highest BCUT2D eigenvalue weighted by atomic mass is 32.2. The van der Waals surface area contributed by atoms with Crippen molar-refractivity contribution >= 4 is 10.0 Å². The van der Waals surface area contributed by atoms with Crippen LogP contribution in [0.25, 0.3) is 0 Å². The molecule has 0 aromatic heterocycles. The molecule has 0 saturated heterocycles. The molecule has 0 atom stereocenters. The van der Waals surface area contributed by atoms with E-state index in [1.807, 2.05) is 0 Å². The van der Waals surface area contributed by atoms with Gasteiger partial charge in [0.25, 0.3) is 0 Å². The Labute approximate surface area is 152 Å². The number of nitrogens with one attached hydrogen (secondary N) is 1. The van der Waals surface area contributed by atoms with E-state index in [1.165, 1.54) is 44.9 Å². The maximum Gasteiger partial charge on any atom is 0.211 e. The molecule has 0 amide bonds. The van der Waals surface area contributed by atoms with Crippen molar-refractivity contribution in [1.82, 2.24) is 4.72 Å². The van der Waals surface area contributed by atoms with E-state index >= 15 is 0 Å². The molecule has 0 spiro atoms. The Morgan fingerprint density at radius 3 is 1.79 bits per heavy atom. The van der Waals surface area contributed by atoms with Crippen molar-refractivity contribution in [3.05, 3.63) is 0 Å². The average Bonchev–Trinajstić information content (AvgIpc) is 2.50. The summed E-state index contributed by atoms with van der Waals surface area (Å²) < 4.78 is 27.7. The summed E-state index contributed by atoms with van der Waals surface area (Å²) in [6.45, 7) is 7.17. The molecule has 0 rings (SSSR count). The lowest BCUT2D eigenvalue weighted by atomic mass is 10.1. The molecule has 0 heterocycles. The van der Waals surface area contributed by atoms with Crippen LogP contribution in [0.1, 0.15) is 84.5 Å². The minimum absolute atomic E-state index is 0.288. The van der Waals surface area contributed by atoms with E-state index in [9.17, 15) is 8.42 Å². The summed E-state index contributed by atoms with van der Waals surface area (Å²) in [6.07, 6.45) is 12.9. The molecule has 0 aliphatic carbocycles. The molecule has 0 aromatic carbocycles. The molecule has 1 N–H and O–H groups in total. The molecule has 146 valence electrons. The van der Waals surface area contributed by atoms with Crippen LogP contribution >= 0.6 is 0 Å². The van der Waals surface area contributed by atoms with Gasteiger partial charge in [0, 0.05) is 13.0 Å². The van der Waals surface area contributed by atoms with Crippen molar-refractivity contribution in [1.29, 1.82) is 0 Å². The Bertz CT molecular complexity index is 381. The van der Waals surface area contributed by atoms with E-state index in [-0.39, 0.29) is 5.75 Å². The molecule has 0 aromatic rings. The molecule has 5 heteroatoms. The molecule has 0 saturated carbocycles. The number of quaternary nitrogens is 1. The van der Waals surface area contributed by atoms with Crippen LogP contribution in [0.4, 0.5) is 0 Å². The van der Waals surface area contributed by atoms with E-state index in [1.54, 1.807) is 0 Å². The van der Waals surface area contributed by atoms with E-state index in [0.29, 0.717) is 6.54 Å². The third kappa shape index (κ3) is 15.4. The molecular weight excluding hydrogens is 320 g/mol. The smallest absolute Gasteiger partial charge is 0.211 e. The van der Waals surface area contributed by atoms with Crippen molar-refractivity contribution in [2.45, 2.75) is 84.5 Å². The lowest BCUT2D eigenvalue weighted by Gasteiger charge is -2.29. The topological polar surface area (TPSA) is 46.2 Å². The number of nitrogens with zero attached hydrogens (tertiary/aromatic N) is 1. The van der Waals surface area contributed by atoms with Gasteiger partial charge in [-0.05, 0) is 12.8 Å². The van der Waals surface area contributed by atoms with Gasteiger partial charge in [-0.3, -0.25) is 0 Å². The van der Waals surface area contributed by atoms with Crippen LogP contribution in [0.15, 0.2) is 0 Å². The van der Waals surface area contributed by atoms with Crippen LogP contribution < -0.4 is 4.72 Å². The van der Waals surface area contributed by atoms with Crippen molar-refractivity contribution < 1.29 is 12.9 Å². The van der Waals surface area contributed by atoms with E-state index in [2.05, 4.69) is 32.7 Å². The van der Waals surface area contributed by atoms with E-state index in [4.69, 9.17) is 0 Å². The lowest BCUT2D eigenvalue weighted by molar-refractivity contribution is -0.890. The lowest BCUT2D eigenvalue weighted by Crippen LogP contribution is -2.42. The SMILES string of the molecule is CCCCCCCCCCCS(=O)(=O)NCCC[N+](C)(C)CCC. The minimum atomic E-state index is -3.07. The fourth-order valence-electron chi connectivity index (χ4n) is 3.13. The Morgan fingerprint density at radius 1 is 0.708 bits per heavy atom. The summed E-state index contributed by atoms with van der Waals surface area (Å²) in [5.74, 6) is 0.288. The van der Waals surface area contributed by atoms with Crippen LogP contribution in [0.5, 0.6) is 0 Å². The first-order valence-corrected chi connectivity index (χ1v) is 11.8. The molecule has 24 heavy (non-hydrogen) atoms. The zero-order valence-corrected chi connectivity index (χ0v) is 17.6. The second kappa shape index (κ2) is 14.1. The highest BCUT2D eigenvalue weighted by Crippen LogP contribution is 2.10. The van der Waals surface area contributed by atoms with Gasteiger partial charge >= 0.3 is 0 Å². The quantitative estimate of drug-likeness (QED) is 0.309. The largest absolute Gasteiger partial charge is 0.328 e. The standard InChI is InChI=1S/C19H43N2O2S/c1-5-7-8-9-10-11-12-13-14-19-24(22,23)20-16-15-18-21(3,4)17-6-2/h20H,5-19H2,1-4H3/q+1. The molecule has 0 unspecified atom stereocenters. The van der Waals surface area contributed by atoms with Gasteiger partial charge in [0.2, 0.25) is 10.0 Å². The van der Waals surface area contributed by atoms with Gasteiger partial charge in [0.15, 0.2) is 0 Å². The summed E-state index contributed by atoms with van der Waals surface area (Å²) in [6, 6.07) is 0. The maximum atomic E-state index is 12.0. The van der Waals surface area contributed by atoms with Crippen LogP contribution in [-0.2, 0) is 10.0 Å². The van der Waals surface area contributed by atoms with Gasteiger partial charge in [0.1, 0.15) is 0 Å². The molecule has 0 aliphatic heterocycles. The van der Waals surface area contributed by atoms with Crippen molar-refractivity contribution in [3.8, 4) is 0 Å². The summed E-state index contributed by atoms with van der Waals surface area (Å²) in [5, 5.41) is 0. The first kappa shape index (κ1) is 23.9. The predicted octanol–water partition coefficient (Wildman–Crippen LogP) is 4.31. The number of rotatable bonds is 17. The molecule has 0 radical (unpaired) electrons. The summed E-state index contributed by atoms with van der Waals surface area (Å²) in [7, 11) is 1.34. The molecule has 0 fully saturated rings. The normalized spacial score (nSPS) is 12.7. The van der Waals surface area contributed by atoms with Gasteiger partial charge < -0.3 is 4.48 Å². The zero-order chi connectivity index (χ0) is 18.3. The fraction of sp³-hybridized carbons (Fsp3) is 1.00. The van der Waals surface area contributed by atoms with Crippen molar-refractivity contribution in [2.75, 3.05) is 39.5 Å². The zero-order valence-electron chi connectivity index (χ0n) is 16.8. The average molecular weight is 364 g/mol. The van der Waals surface area contributed by atoms with Gasteiger partial charge in [-0.2, -0.15) is 0 Å². The number of unbranched alkanes of at least 4 members (excludes halogenated alkanes) is 8. The third-order valence-corrected chi connectivity index (χ3v) is 6.08. The summed E-state index contributed by atoms with van der Waals surface area (Å²) in [4.78, 5) is 0. The summed E-state index contributed by atoms with van der Waals surface area (Å²) in [5.41, 5.74) is 0. The molecule has 4 nitrogen and oxygen atoms in total. The Kier molecular flexibility index (Phi) is 14.0. The van der Waals surface area contributed by atoms with Crippen molar-refractivity contribution in [2.24, 2.45) is 0 Å². The van der Waals surface area contributed by atoms with Gasteiger partial charge in [-0.1, -0.05) is 65.2 Å². The van der Waals surface area contributed by atoms with Crippen LogP contribution in [-0.4, -0.2) is 52.4 Å². The van der Waals surface area contributed by atoms with Crippen LogP contribution in [0.2, 0.25) is 0 Å². The Morgan fingerprint density at radius 2 is 1.25 bits per heavy atom. The second-order valence-electron chi connectivity index (χ2n) is 7.78. The van der Waals surface area contributed by atoms with Crippen molar-refractivity contribution in [3.63, 3.8) is 0 Å². The van der Waals surface area contributed by atoms with Gasteiger partial charge in [0.05, 0.1) is 32.9 Å². The first-order valence-electron chi connectivity index (χ1n) is 10.1. The highest BCUT2D eigenvalue weighted by Gasteiger charge is 2.14. The first-order chi connectivity index (χ1) is 11.3. The molecule has 0 aliphatic rings. The maximum absolute atomic E-state index is 12.0. The monoisotopic (exact) mass is 363 g/mol. The van der Waals surface area contributed by atoms with Gasteiger partial charge in [-0.25, -0.2) is 13.1 Å². The number of sulfonamides is 1. The molecular formula is C19H43N2O2S+. The minimum Gasteiger partial charge on any atom is -0.328 e. The Hall–Kier alpha value is -0.130. The van der Waals surface area contributed by atoms with Crippen LogP contribution in [0, 0.1) is 0 Å². The van der Waals surface area contributed by atoms with Gasteiger partial charge in [-0.15, -0.1) is 0 Å². The Balaban J connectivity index is 3.58. The third-order valence-electron chi connectivity index (χ3n) is 4.61. The van der Waals surface area contributed by atoms with Crippen LogP contribution in [0.3, 0.4) is 0 Å². The number of hydrogen-bond donors (Lipinski definition) is 1. The summed E-state index contributed by atoms with van der Waals surface area (Å²) >= 11 is 0. The second-order valence-corrected chi connectivity index (χ2v) is 9.70.